The quantitative estimate of drug-likeness (QED) is 0.745. The molecule has 2 rings (SSSR count). The van der Waals surface area contributed by atoms with Crippen LogP contribution in [0.1, 0.15) is 25.7 Å². The average Bonchev–Trinajstić information content (AvgIpc) is 2.54. The highest BCUT2D eigenvalue weighted by molar-refractivity contribution is 8.00. The maximum atomic E-state index is 5.88. The minimum Gasteiger partial charge on any atom is -0.329 e. The van der Waals surface area contributed by atoms with E-state index in [0.717, 1.165) is 12.6 Å². The summed E-state index contributed by atoms with van der Waals surface area (Å²) in [5, 5.41) is 0. The van der Waals surface area contributed by atoms with E-state index >= 15 is 0 Å². The van der Waals surface area contributed by atoms with Crippen molar-refractivity contribution < 1.29 is 0 Å². The second kappa shape index (κ2) is 3.79. The van der Waals surface area contributed by atoms with Crippen molar-refractivity contribution in [3.05, 3.63) is 0 Å². The molecule has 0 radical (unpaired) electrons. The lowest BCUT2D eigenvalue weighted by Crippen LogP contribution is -2.63. The highest BCUT2D eigenvalue weighted by atomic mass is 32.2. The van der Waals surface area contributed by atoms with Crippen molar-refractivity contribution in [2.24, 2.45) is 5.73 Å². The van der Waals surface area contributed by atoms with Crippen LogP contribution < -0.4 is 5.73 Å². The summed E-state index contributed by atoms with van der Waals surface area (Å²) in [6.07, 6.45) is 5.62. The summed E-state index contributed by atoms with van der Waals surface area (Å²) < 4.78 is 0. The van der Waals surface area contributed by atoms with Gasteiger partial charge >= 0.3 is 0 Å². The van der Waals surface area contributed by atoms with Crippen LogP contribution in [0.4, 0.5) is 0 Å². The van der Waals surface area contributed by atoms with Gasteiger partial charge in [0, 0.05) is 24.1 Å². The van der Waals surface area contributed by atoms with Gasteiger partial charge in [0.15, 0.2) is 0 Å². The Hall–Kier alpha value is 0.270. The van der Waals surface area contributed by atoms with E-state index in [2.05, 4.69) is 11.9 Å². The van der Waals surface area contributed by atoms with Gasteiger partial charge in [-0.15, -0.1) is 0 Å². The molecule has 13 heavy (non-hydrogen) atoms. The van der Waals surface area contributed by atoms with Crippen molar-refractivity contribution in [3.8, 4) is 0 Å². The Balaban J connectivity index is 1.97. The summed E-state index contributed by atoms with van der Waals surface area (Å²) in [6.45, 7) is 0.840. The van der Waals surface area contributed by atoms with Crippen LogP contribution in [0, 0.1) is 0 Å². The minimum atomic E-state index is 0.361. The molecule has 0 unspecified atom stereocenters. The zero-order valence-electron chi connectivity index (χ0n) is 8.46. The molecule has 0 aromatic rings. The summed E-state index contributed by atoms with van der Waals surface area (Å²) >= 11 is 2.03. The third-order valence-corrected chi connectivity index (χ3v) is 5.22. The highest BCUT2D eigenvalue weighted by Crippen LogP contribution is 2.37. The molecule has 2 N–H and O–H groups in total. The second-order valence-corrected chi connectivity index (χ2v) is 5.46. The number of rotatable bonds is 3. The maximum Gasteiger partial charge on any atom is 0.0511 e. The maximum absolute atomic E-state index is 5.88. The Morgan fingerprint density at radius 3 is 2.38 bits per heavy atom. The van der Waals surface area contributed by atoms with Gasteiger partial charge in [0.25, 0.3) is 0 Å². The molecular formula is C10H20N2S. The molecule has 2 aliphatic rings. The molecule has 0 amide bonds. The van der Waals surface area contributed by atoms with E-state index in [1.165, 1.54) is 37.2 Å². The van der Waals surface area contributed by atoms with Crippen molar-refractivity contribution in [1.29, 1.82) is 0 Å². The summed E-state index contributed by atoms with van der Waals surface area (Å²) in [6, 6.07) is 0.824. The molecule has 76 valence electrons. The molecule has 1 saturated carbocycles. The first-order valence-corrected chi connectivity index (χ1v) is 6.45. The van der Waals surface area contributed by atoms with E-state index in [0.29, 0.717) is 5.54 Å². The van der Waals surface area contributed by atoms with Crippen LogP contribution in [0.25, 0.3) is 0 Å². The van der Waals surface area contributed by atoms with Gasteiger partial charge in [-0.3, -0.25) is 4.90 Å². The standard InChI is InChI=1S/C10H20N2S/c1-12(9-4-2-3-5-9)10(6-11)7-13-8-10/h9H,2-8,11H2,1H3. The molecule has 0 spiro atoms. The molecule has 0 aromatic carbocycles. The molecule has 1 saturated heterocycles. The van der Waals surface area contributed by atoms with Crippen molar-refractivity contribution in [2.45, 2.75) is 37.3 Å². The minimum absolute atomic E-state index is 0.361. The Bertz CT molecular complexity index is 168. The molecule has 2 fully saturated rings. The molecule has 0 bridgehead atoms. The predicted molar refractivity (Wildman–Crippen MR) is 59.1 cm³/mol. The third-order valence-electron chi connectivity index (χ3n) is 3.74. The first kappa shape index (κ1) is 9.81. The Morgan fingerprint density at radius 1 is 1.38 bits per heavy atom. The molecule has 1 heterocycles. The summed E-state index contributed by atoms with van der Waals surface area (Å²) in [4.78, 5) is 2.58. The van der Waals surface area contributed by atoms with Crippen LogP contribution in [0.2, 0.25) is 0 Å². The van der Waals surface area contributed by atoms with E-state index in [4.69, 9.17) is 5.73 Å². The molecule has 1 aliphatic heterocycles. The second-order valence-electron chi connectivity index (χ2n) is 4.47. The first-order valence-electron chi connectivity index (χ1n) is 5.29. The number of nitrogens with two attached hydrogens (primary N) is 1. The van der Waals surface area contributed by atoms with Gasteiger partial charge < -0.3 is 5.73 Å². The van der Waals surface area contributed by atoms with Gasteiger partial charge in [0.1, 0.15) is 0 Å². The number of hydrogen-bond acceptors (Lipinski definition) is 3. The van der Waals surface area contributed by atoms with Crippen LogP contribution in [0.5, 0.6) is 0 Å². The lowest BCUT2D eigenvalue weighted by atomic mass is 9.99. The Kier molecular flexibility index (Phi) is 2.86. The van der Waals surface area contributed by atoms with Crippen molar-refractivity contribution in [1.82, 2.24) is 4.90 Å². The molecular weight excluding hydrogens is 180 g/mol. The van der Waals surface area contributed by atoms with Gasteiger partial charge in [-0.25, -0.2) is 0 Å². The normalized spacial score (nSPS) is 27.9. The molecule has 0 aromatic heterocycles. The van der Waals surface area contributed by atoms with Gasteiger partial charge in [-0.05, 0) is 19.9 Å². The van der Waals surface area contributed by atoms with Gasteiger partial charge in [0.05, 0.1) is 5.54 Å². The van der Waals surface area contributed by atoms with Gasteiger partial charge in [-0.2, -0.15) is 11.8 Å². The summed E-state index contributed by atoms with van der Waals surface area (Å²) in [7, 11) is 2.28. The molecule has 3 heteroatoms. The van der Waals surface area contributed by atoms with E-state index in [1.54, 1.807) is 0 Å². The Labute approximate surface area is 85.2 Å². The zero-order chi connectivity index (χ0) is 9.31. The topological polar surface area (TPSA) is 29.3 Å². The van der Waals surface area contributed by atoms with E-state index in [-0.39, 0.29) is 0 Å². The van der Waals surface area contributed by atoms with Crippen LogP contribution >= 0.6 is 11.8 Å². The number of hydrogen-bond donors (Lipinski definition) is 1. The smallest absolute Gasteiger partial charge is 0.0511 e. The first-order chi connectivity index (χ1) is 6.28. The lowest BCUT2D eigenvalue weighted by molar-refractivity contribution is 0.109. The number of nitrogens with zero attached hydrogens (tertiary/aromatic N) is 1. The zero-order valence-corrected chi connectivity index (χ0v) is 9.28. The molecule has 2 nitrogen and oxygen atoms in total. The highest BCUT2D eigenvalue weighted by Gasteiger charge is 2.43. The SMILES string of the molecule is CN(C1CCCC1)C1(CN)CSC1. The van der Waals surface area contributed by atoms with Gasteiger partial charge in [-0.1, -0.05) is 12.8 Å². The van der Waals surface area contributed by atoms with Crippen LogP contribution in [0.15, 0.2) is 0 Å². The molecule has 0 atom stereocenters. The van der Waals surface area contributed by atoms with Crippen LogP contribution in [-0.2, 0) is 0 Å². The van der Waals surface area contributed by atoms with E-state index in [1.807, 2.05) is 11.8 Å². The Morgan fingerprint density at radius 2 is 2.00 bits per heavy atom. The van der Waals surface area contributed by atoms with E-state index < -0.39 is 0 Å². The summed E-state index contributed by atoms with van der Waals surface area (Å²) in [5.74, 6) is 2.49. The van der Waals surface area contributed by atoms with Crippen molar-refractivity contribution >= 4 is 11.8 Å². The number of likely N-dealkylation sites (N-methyl/N-ethyl adjacent to an activating group) is 1. The van der Waals surface area contributed by atoms with Crippen LogP contribution in [0.3, 0.4) is 0 Å². The summed E-state index contributed by atoms with van der Waals surface area (Å²) in [5.41, 5.74) is 6.24. The fraction of sp³-hybridized carbons (Fsp3) is 1.00. The number of thioether (sulfide) groups is 1. The molecule has 1 aliphatic carbocycles. The largest absolute Gasteiger partial charge is 0.329 e. The third kappa shape index (κ3) is 1.62. The monoisotopic (exact) mass is 200 g/mol. The fourth-order valence-corrected chi connectivity index (χ4v) is 3.80. The van der Waals surface area contributed by atoms with Gasteiger partial charge in [0.2, 0.25) is 0 Å². The lowest BCUT2D eigenvalue weighted by Gasteiger charge is -2.50. The fourth-order valence-electron chi connectivity index (χ4n) is 2.48. The van der Waals surface area contributed by atoms with Crippen LogP contribution in [-0.4, -0.2) is 41.6 Å². The average molecular weight is 200 g/mol. The predicted octanol–water partition coefficient (Wildman–Crippen LogP) is 1.31. The van der Waals surface area contributed by atoms with Crippen molar-refractivity contribution in [3.63, 3.8) is 0 Å². The van der Waals surface area contributed by atoms with E-state index in [9.17, 15) is 0 Å². The van der Waals surface area contributed by atoms with Crippen molar-refractivity contribution in [2.75, 3.05) is 25.1 Å².